The van der Waals surface area contributed by atoms with Crippen LogP contribution in [0.15, 0.2) is 30.3 Å². The molecule has 0 aliphatic carbocycles. The molecule has 0 bridgehead atoms. The lowest BCUT2D eigenvalue weighted by Crippen LogP contribution is -2.21. The number of anilines is 1. The number of aliphatic carboxylic acids is 1. The fourth-order valence-electron chi connectivity index (χ4n) is 2.44. The number of hydrogen-bond donors (Lipinski definition) is 3. The molecule has 1 amide bonds. The number of ether oxygens (including phenoxy) is 1. The van der Waals surface area contributed by atoms with Crippen molar-refractivity contribution in [3.05, 3.63) is 52.6 Å². The maximum absolute atomic E-state index is 12.1. The van der Waals surface area contributed by atoms with Crippen LogP contribution in [-0.4, -0.2) is 28.7 Å². The summed E-state index contributed by atoms with van der Waals surface area (Å²) >= 11 is 0. The van der Waals surface area contributed by atoms with Gasteiger partial charge in [0.2, 0.25) is 0 Å². The van der Waals surface area contributed by atoms with E-state index in [1.165, 1.54) is 18.2 Å². The van der Waals surface area contributed by atoms with Crippen molar-refractivity contribution in [2.24, 2.45) is 0 Å². The number of rotatable bonds is 6. The highest BCUT2D eigenvalue weighted by molar-refractivity contribution is 5.93. The zero-order valence-corrected chi connectivity index (χ0v) is 14.4. The molecule has 0 aliphatic rings. The number of carbonyl (C=O) groups is 2. The monoisotopic (exact) mass is 343 g/mol. The van der Waals surface area contributed by atoms with Crippen LogP contribution in [0.25, 0.3) is 0 Å². The summed E-state index contributed by atoms with van der Waals surface area (Å²) in [6.07, 6.45) is -0.193. The van der Waals surface area contributed by atoms with Crippen LogP contribution in [-0.2, 0) is 16.0 Å². The highest BCUT2D eigenvalue weighted by Crippen LogP contribution is 2.27. The van der Waals surface area contributed by atoms with Gasteiger partial charge in [0.05, 0.1) is 12.1 Å². The van der Waals surface area contributed by atoms with Crippen LogP contribution >= 0.6 is 0 Å². The molecule has 0 spiro atoms. The molecule has 6 heteroatoms. The lowest BCUT2D eigenvalue weighted by molar-refractivity contribution is -0.136. The zero-order valence-electron chi connectivity index (χ0n) is 14.4. The third-order valence-corrected chi connectivity index (χ3v) is 3.91. The summed E-state index contributed by atoms with van der Waals surface area (Å²) in [6.45, 7) is 5.58. The Bertz CT molecular complexity index is 814. The summed E-state index contributed by atoms with van der Waals surface area (Å²) in [7, 11) is 0. The molecule has 0 radical (unpaired) electrons. The van der Waals surface area contributed by atoms with E-state index in [1.54, 1.807) is 0 Å². The third kappa shape index (κ3) is 4.73. The van der Waals surface area contributed by atoms with Gasteiger partial charge in [0.25, 0.3) is 5.91 Å². The first-order valence-electron chi connectivity index (χ1n) is 7.81. The Morgan fingerprint density at radius 1 is 1.08 bits per heavy atom. The van der Waals surface area contributed by atoms with Crippen molar-refractivity contribution in [3.8, 4) is 11.5 Å². The Morgan fingerprint density at radius 2 is 1.76 bits per heavy atom. The summed E-state index contributed by atoms with van der Waals surface area (Å²) in [4.78, 5) is 22.9. The molecule has 0 atom stereocenters. The molecule has 25 heavy (non-hydrogen) atoms. The number of nitrogens with one attached hydrogen (secondary N) is 1. The standard InChI is InChI=1S/C19H21NO5/c1-11-4-5-12(2)19(13(11)3)25-10-17(22)20-15-8-14(9-18(23)24)6-7-16(15)21/h4-8,21H,9-10H2,1-3H3,(H,20,22)(H,23,24). The van der Waals surface area contributed by atoms with Gasteiger partial charge in [0, 0.05) is 0 Å². The van der Waals surface area contributed by atoms with Crippen LogP contribution < -0.4 is 10.1 Å². The van der Waals surface area contributed by atoms with E-state index in [2.05, 4.69) is 5.32 Å². The minimum absolute atomic E-state index is 0.134. The molecule has 2 aromatic rings. The topological polar surface area (TPSA) is 95.9 Å². The molecule has 6 nitrogen and oxygen atoms in total. The molecule has 3 N–H and O–H groups in total. The first-order chi connectivity index (χ1) is 11.8. The lowest BCUT2D eigenvalue weighted by Gasteiger charge is -2.14. The van der Waals surface area contributed by atoms with Crippen LogP contribution in [0, 0.1) is 20.8 Å². The second-order valence-corrected chi connectivity index (χ2v) is 5.91. The van der Waals surface area contributed by atoms with E-state index in [0.717, 1.165) is 16.7 Å². The molecule has 0 saturated carbocycles. The van der Waals surface area contributed by atoms with Crippen LogP contribution in [0.4, 0.5) is 5.69 Å². The number of amides is 1. The predicted octanol–water partition coefficient (Wildman–Crippen LogP) is 2.96. The lowest BCUT2D eigenvalue weighted by atomic mass is 10.1. The maximum Gasteiger partial charge on any atom is 0.307 e. The average Bonchev–Trinajstić information content (AvgIpc) is 2.54. The molecule has 0 aliphatic heterocycles. The highest BCUT2D eigenvalue weighted by atomic mass is 16.5. The van der Waals surface area contributed by atoms with Gasteiger partial charge in [-0.1, -0.05) is 18.2 Å². The molecular weight excluding hydrogens is 322 g/mol. The number of aryl methyl sites for hydroxylation is 2. The first-order valence-corrected chi connectivity index (χ1v) is 7.81. The van der Waals surface area contributed by atoms with E-state index >= 15 is 0 Å². The van der Waals surface area contributed by atoms with Gasteiger partial charge < -0.3 is 20.3 Å². The SMILES string of the molecule is Cc1ccc(C)c(OCC(=O)Nc2cc(CC(=O)O)ccc2O)c1C. The second-order valence-electron chi connectivity index (χ2n) is 5.91. The number of carboxylic acids is 1. The summed E-state index contributed by atoms with van der Waals surface area (Å²) in [6, 6.07) is 8.20. The van der Waals surface area contributed by atoms with Gasteiger partial charge in [-0.15, -0.1) is 0 Å². The number of carbonyl (C=O) groups excluding carboxylic acids is 1. The molecule has 0 heterocycles. The van der Waals surface area contributed by atoms with Crippen molar-refractivity contribution in [3.63, 3.8) is 0 Å². The van der Waals surface area contributed by atoms with Gasteiger partial charge in [0.15, 0.2) is 6.61 Å². The summed E-state index contributed by atoms with van der Waals surface area (Å²) in [5.41, 5.74) is 3.61. The highest BCUT2D eigenvalue weighted by Gasteiger charge is 2.12. The van der Waals surface area contributed by atoms with E-state index in [-0.39, 0.29) is 24.5 Å². The summed E-state index contributed by atoms with van der Waals surface area (Å²) in [5.74, 6) is -0.899. The summed E-state index contributed by atoms with van der Waals surface area (Å²) in [5, 5.41) is 21.2. The molecule has 2 aromatic carbocycles. The van der Waals surface area contributed by atoms with Crippen molar-refractivity contribution in [2.45, 2.75) is 27.2 Å². The molecule has 0 unspecified atom stereocenters. The normalized spacial score (nSPS) is 10.4. The first kappa shape index (κ1) is 18.3. The number of carboxylic acid groups (broad SMARTS) is 1. The molecule has 0 aromatic heterocycles. The van der Waals surface area contributed by atoms with E-state index in [0.29, 0.717) is 11.3 Å². The average molecular weight is 343 g/mol. The molecule has 2 rings (SSSR count). The predicted molar refractivity (Wildman–Crippen MR) is 94.2 cm³/mol. The van der Waals surface area contributed by atoms with E-state index in [4.69, 9.17) is 9.84 Å². The van der Waals surface area contributed by atoms with Gasteiger partial charge in [-0.25, -0.2) is 0 Å². The molecular formula is C19H21NO5. The Hall–Kier alpha value is -3.02. The number of phenols is 1. The van der Waals surface area contributed by atoms with Crippen molar-refractivity contribution in [1.29, 1.82) is 0 Å². The van der Waals surface area contributed by atoms with Crippen molar-refractivity contribution in [2.75, 3.05) is 11.9 Å². The number of phenolic OH excluding ortho intramolecular Hbond substituents is 1. The van der Waals surface area contributed by atoms with Gasteiger partial charge in [0.1, 0.15) is 11.5 Å². The molecule has 0 saturated heterocycles. The third-order valence-electron chi connectivity index (χ3n) is 3.91. The molecule has 132 valence electrons. The van der Waals surface area contributed by atoms with Crippen molar-refractivity contribution >= 4 is 17.6 Å². The van der Waals surface area contributed by atoms with Crippen molar-refractivity contribution < 1.29 is 24.5 Å². The fourth-order valence-corrected chi connectivity index (χ4v) is 2.44. The largest absolute Gasteiger partial charge is 0.506 e. The van der Waals surface area contributed by atoms with Gasteiger partial charge in [-0.2, -0.15) is 0 Å². The van der Waals surface area contributed by atoms with Gasteiger partial charge in [-0.3, -0.25) is 9.59 Å². The maximum atomic E-state index is 12.1. The van der Waals surface area contributed by atoms with Crippen LogP contribution in [0.1, 0.15) is 22.3 Å². The van der Waals surface area contributed by atoms with Crippen molar-refractivity contribution in [1.82, 2.24) is 0 Å². The summed E-state index contributed by atoms with van der Waals surface area (Å²) < 4.78 is 5.63. The smallest absolute Gasteiger partial charge is 0.307 e. The van der Waals surface area contributed by atoms with E-state index < -0.39 is 11.9 Å². The van der Waals surface area contributed by atoms with Crippen LogP contribution in [0.2, 0.25) is 0 Å². The van der Waals surface area contributed by atoms with Gasteiger partial charge >= 0.3 is 5.97 Å². The van der Waals surface area contributed by atoms with Crippen LogP contribution in [0.3, 0.4) is 0 Å². The fraction of sp³-hybridized carbons (Fsp3) is 0.263. The Kier molecular flexibility index (Phi) is 5.64. The Labute approximate surface area is 146 Å². The zero-order chi connectivity index (χ0) is 18.6. The molecule has 0 fully saturated rings. The van der Waals surface area contributed by atoms with E-state index in [1.807, 2.05) is 32.9 Å². The minimum atomic E-state index is -0.989. The van der Waals surface area contributed by atoms with Gasteiger partial charge in [-0.05, 0) is 55.2 Å². The Morgan fingerprint density at radius 3 is 2.44 bits per heavy atom. The number of benzene rings is 2. The Balaban J connectivity index is 2.06. The van der Waals surface area contributed by atoms with E-state index in [9.17, 15) is 14.7 Å². The van der Waals surface area contributed by atoms with Crippen LogP contribution in [0.5, 0.6) is 11.5 Å². The number of hydrogen-bond acceptors (Lipinski definition) is 4. The second kappa shape index (κ2) is 7.70. The number of aromatic hydroxyl groups is 1. The quantitative estimate of drug-likeness (QED) is 0.701. The minimum Gasteiger partial charge on any atom is -0.506 e.